The fourth-order valence-electron chi connectivity index (χ4n) is 0.611. The summed E-state index contributed by atoms with van der Waals surface area (Å²) in [6, 6.07) is 0. The van der Waals surface area contributed by atoms with Crippen LogP contribution in [0.1, 0.15) is 12.8 Å². The molecule has 0 aliphatic carbocycles. The molecule has 0 spiro atoms. The number of aliphatic carboxylic acids is 1. The van der Waals surface area contributed by atoms with Crippen LogP contribution < -0.4 is 0 Å². The Hall–Kier alpha value is 0.390. The monoisotopic (exact) mass is 202 g/mol. The summed E-state index contributed by atoms with van der Waals surface area (Å²) in [7, 11) is 0. The van der Waals surface area contributed by atoms with Gasteiger partial charge in [0, 0.05) is 0 Å². The Morgan fingerprint density at radius 2 is 2.00 bits per heavy atom. The summed E-state index contributed by atoms with van der Waals surface area (Å²) in [4.78, 5) is 10.1. The van der Waals surface area contributed by atoms with Crippen molar-refractivity contribution in [1.29, 1.82) is 0 Å². The van der Waals surface area contributed by atoms with Crippen LogP contribution in [0.3, 0.4) is 0 Å². The molecule has 4 nitrogen and oxygen atoms in total. The van der Waals surface area contributed by atoms with Gasteiger partial charge < -0.3 is 15.3 Å². The maximum atomic E-state index is 10.1. The van der Waals surface area contributed by atoms with E-state index in [-0.39, 0.29) is 44.2 Å². The third kappa shape index (κ3) is 5.97. The second-order valence-corrected chi connectivity index (χ2v) is 2.22. The van der Waals surface area contributed by atoms with E-state index in [9.17, 15) is 4.79 Å². The Balaban J connectivity index is 0. The molecule has 0 aromatic heterocycles. The van der Waals surface area contributed by atoms with Gasteiger partial charge in [0.15, 0.2) is 6.10 Å². The molecule has 0 saturated heterocycles. The molecule has 12 heavy (non-hydrogen) atoms. The molecule has 0 aromatic rings. The van der Waals surface area contributed by atoms with E-state index >= 15 is 0 Å². The van der Waals surface area contributed by atoms with E-state index < -0.39 is 18.2 Å². The molecule has 0 bridgehead atoms. The normalized spacial score (nSPS) is 14.2. The van der Waals surface area contributed by atoms with Crippen LogP contribution >= 0.6 is 0 Å². The van der Waals surface area contributed by atoms with Gasteiger partial charge in [0.1, 0.15) is 0 Å². The van der Waals surface area contributed by atoms with Crippen molar-refractivity contribution < 1.29 is 20.1 Å². The zero-order chi connectivity index (χ0) is 8.85. The number of hydrogen-bond acceptors (Lipinski definition) is 3. The van der Waals surface area contributed by atoms with E-state index in [2.05, 4.69) is 6.58 Å². The number of carbonyl (C=O) groups is 1. The van der Waals surface area contributed by atoms with Crippen molar-refractivity contribution in [2.75, 3.05) is 0 Å². The summed E-state index contributed by atoms with van der Waals surface area (Å²) in [6.45, 7) is 3.40. The third-order valence-corrected chi connectivity index (χ3v) is 1.28. The van der Waals surface area contributed by atoms with E-state index in [0.29, 0.717) is 6.42 Å². The Kier molecular flexibility index (Phi) is 9.94. The van der Waals surface area contributed by atoms with Gasteiger partial charge in [-0.3, -0.25) is 0 Å². The summed E-state index contributed by atoms with van der Waals surface area (Å²) in [6.07, 6.45) is -0.624. The third-order valence-electron chi connectivity index (χ3n) is 1.28. The minimum absolute atomic E-state index is 0. The Morgan fingerprint density at radius 1 is 1.50 bits per heavy atom. The number of allylic oxidation sites excluding steroid dienone is 1. The molecule has 68 valence electrons. The summed E-state index contributed by atoms with van der Waals surface area (Å²) >= 11 is 0. The molecule has 2 atom stereocenters. The summed E-state index contributed by atoms with van der Waals surface area (Å²) in [5.74, 6) is -1.40. The standard InChI is InChI=1S/C7H12O4.Ca.2H/c1-2-3-4-5(8)6(9)7(10)11;;;/h2,5-6,8-9H,1,3-4H2,(H,10,11);;;. The van der Waals surface area contributed by atoms with Gasteiger partial charge in [0.05, 0.1) is 6.10 Å². The van der Waals surface area contributed by atoms with Crippen LogP contribution in [0.15, 0.2) is 12.7 Å². The van der Waals surface area contributed by atoms with Crippen LogP contribution in [0.25, 0.3) is 0 Å². The Morgan fingerprint density at radius 3 is 2.33 bits per heavy atom. The zero-order valence-electron chi connectivity index (χ0n) is 6.10. The van der Waals surface area contributed by atoms with Crippen LogP contribution in [-0.2, 0) is 4.79 Å². The molecule has 3 N–H and O–H groups in total. The molecule has 0 saturated carbocycles. The van der Waals surface area contributed by atoms with Gasteiger partial charge in [-0.05, 0) is 12.8 Å². The van der Waals surface area contributed by atoms with Crippen molar-refractivity contribution in [3.05, 3.63) is 12.7 Å². The fourth-order valence-corrected chi connectivity index (χ4v) is 0.611. The first-order valence-corrected chi connectivity index (χ1v) is 3.29. The number of aliphatic hydroxyl groups excluding tert-OH is 2. The topological polar surface area (TPSA) is 77.8 Å². The number of carboxylic acids is 1. The van der Waals surface area contributed by atoms with Gasteiger partial charge >= 0.3 is 43.7 Å². The molecular formula is C7H14CaO4. The molecule has 0 radical (unpaired) electrons. The molecule has 0 rings (SSSR count). The van der Waals surface area contributed by atoms with Crippen LogP contribution in [0.5, 0.6) is 0 Å². The Labute approximate surface area is 101 Å². The second-order valence-electron chi connectivity index (χ2n) is 2.22. The van der Waals surface area contributed by atoms with Gasteiger partial charge in [-0.25, -0.2) is 4.79 Å². The maximum absolute atomic E-state index is 10.1. The second kappa shape index (κ2) is 8.01. The van der Waals surface area contributed by atoms with Crippen molar-refractivity contribution in [2.24, 2.45) is 0 Å². The van der Waals surface area contributed by atoms with Crippen molar-refractivity contribution in [1.82, 2.24) is 0 Å². The van der Waals surface area contributed by atoms with Gasteiger partial charge in [-0.2, -0.15) is 0 Å². The molecule has 5 heteroatoms. The van der Waals surface area contributed by atoms with Crippen LogP contribution in [0.4, 0.5) is 0 Å². The van der Waals surface area contributed by atoms with Crippen molar-refractivity contribution in [3.8, 4) is 0 Å². The fraction of sp³-hybridized carbons (Fsp3) is 0.571. The first-order valence-electron chi connectivity index (χ1n) is 3.29. The van der Waals surface area contributed by atoms with E-state index in [0.717, 1.165) is 0 Å². The van der Waals surface area contributed by atoms with Crippen LogP contribution in [0.2, 0.25) is 0 Å². The van der Waals surface area contributed by atoms with Crippen molar-refractivity contribution >= 4 is 43.7 Å². The SMILES string of the molecule is C=CCCC(O)C(O)C(=O)O.[CaH2]. The molecule has 0 aliphatic heterocycles. The number of carboxylic acid groups (broad SMARTS) is 1. The first-order chi connectivity index (χ1) is 5.09. The average molecular weight is 202 g/mol. The van der Waals surface area contributed by atoms with E-state index in [1.165, 1.54) is 0 Å². The summed E-state index contributed by atoms with van der Waals surface area (Å²) in [5.41, 5.74) is 0. The number of hydrogen-bond donors (Lipinski definition) is 3. The van der Waals surface area contributed by atoms with Gasteiger partial charge in [0.25, 0.3) is 0 Å². The molecule has 0 heterocycles. The number of aliphatic hydroxyl groups is 2. The molecule has 0 aliphatic rings. The molecular weight excluding hydrogens is 188 g/mol. The van der Waals surface area contributed by atoms with E-state index in [1.807, 2.05) is 0 Å². The first kappa shape index (κ1) is 14.9. The molecule has 0 amide bonds. The van der Waals surface area contributed by atoms with Gasteiger partial charge in [0.2, 0.25) is 0 Å². The van der Waals surface area contributed by atoms with Crippen LogP contribution in [-0.4, -0.2) is 71.2 Å². The molecule has 0 aromatic carbocycles. The summed E-state index contributed by atoms with van der Waals surface area (Å²) in [5, 5.41) is 25.9. The molecule has 2 unspecified atom stereocenters. The summed E-state index contributed by atoms with van der Waals surface area (Å²) < 4.78 is 0. The predicted octanol–water partition coefficient (Wildman–Crippen LogP) is -1.16. The van der Waals surface area contributed by atoms with Crippen molar-refractivity contribution in [2.45, 2.75) is 25.0 Å². The predicted molar refractivity (Wildman–Crippen MR) is 47.6 cm³/mol. The van der Waals surface area contributed by atoms with Crippen molar-refractivity contribution in [3.63, 3.8) is 0 Å². The van der Waals surface area contributed by atoms with E-state index in [1.54, 1.807) is 6.08 Å². The van der Waals surface area contributed by atoms with Gasteiger partial charge in [-0.1, -0.05) is 6.08 Å². The van der Waals surface area contributed by atoms with Gasteiger partial charge in [-0.15, -0.1) is 6.58 Å². The number of rotatable bonds is 5. The Bertz CT molecular complexity index is 148. The minimum atomic E-state index is -1.69. The zero-order valence-corrected chi connectivity index (χ0v) is 6.10. The average Bonchev–Trinajstić information content (AvgIpc) is 1.98. The molecule has 0 fully saturated rings. The quantitative estimate of drug-likeness (QED) is 0.388. The van der Waals surface area contributed by atoms with E-state index in [4.69, 9.17) is 15.3 Å². The van der Waals surface area contributed by atoms with Crippen LogP contribution in [0, 0.1) is 0 Å².